The molecule has 1 aliphatic rings. The van der Waals surface area contributed by atoms with E-state index >= 15 is 0 Å². The molecule has 26 heavy (non-hydrogen) atoms. The predicted octanol–water partition coefficient (Wildman–Crippen LogP) is 4.55. The molecule has 0 amide bonds. The van der Waals surface area contributed by atoms with E-state index < -0.39 is 0 Å². The zero-order valence-electron chi connectivity index (χ0n) is 15.2. The van der Waals surface area contributed by atoms with Crippen molar-refractivity contribution in [2.75, 3.05) is 20.5 Å². The first kappa shape index (κ1) is 18.2. The second-order valence-electron chi connectivity index (χ2n) is 6.22. The number of benzene rings is 2. The average Bonchev–Trinajstić information content (AvgIpc) is 3.50. The molecule has 0 saturated heterocycles. The number of rotatable bonds is 8. The van der Waals surface area contributed by atoms with Crippen LogP contribution in [0, 0.1) is 5.92 Å². The molecule has 2 aromatic rings. The Morgan fingerprint density at radius 1 is 1.00 bits per heavy atom. The quantitative estimate of drug-likeness (QED) is 0.302. The first-order valence-electron chi connectivity index (χ1n) is 8.93. The van der Waals surface area contributed by atoms with Gasteiger partial charge in [0.2, 0.25) is 0 Å². The van der Waals surface area contributed by atoms with Gasteiger partial charge in [-0.05, 0) is 54.5 Å². The maximum Gasteiger partial charge on any atom is 0.339 e. The molecule has 1 aliphatic carbocycles. The molecule has 1 saturated carbocycles. The highest BCUT2D eigenvalue weighted by Gasteiger charge is 2.32. The minimum Gasteiger partial charge on any atom is -0.468 e. The number of allylic oxidation sites excluding steroid dienone is 1. The summed E-state index contributed by atoms with van der Waals surface area (Å²) in [6.07, 6.45) is 2.20. The fourth-order valence-corrected chi connectivity index (χ4v) is 3.01. The SMILES string of the molecule is CCOC(=O)C(=C(c1ccccc1)C1CC1)c1ccc(OCOC)cc1. The van der Waals surface area contributed by atoms with Gasteiger partial charge in [-0.3, -0.25) is 0 Å². The van der Waals surface area contributed by atoms with Gasteiger partial charge in [-0.25, -0.2) is 4.79 Å². The Balaban J connectivity index is 2.05. The zero-order valence-corrected chi connectivity index (χ0v) is 15.2. The van der Waals surface area contributed by atoms with E-state index in [1.54, 1.807) is 7.11 Å². The molecule has 0 aromatic heterocycles. The van der Waals surface area contributed by atoms with Crippen LogP contribution < -0.4 is 4.74 Å². The molecule has 136 valence electrons. The summed E-state index contributed by atoms with van der Waals surface area (Å²) in [6.45, 7) is 2.37. The molecule has 4 heteroatoms. The van der Waals surface area contributed by atoms with Gasteiger partial charge in [-0.2, -0.15) is 0 Å². The highest BCUT2D eigenvalue weighted by Crippen LogP contribution is 2.46. The van der Waals surface area contributed by atoms with E-state index in [1.807, 2.05) is 49.4 Å². The summed E-state index contributed by atoms with van der Waals surface area (Å²) in [4.78, 5) is 12.8. The molecule has 4 nitrogen and oxygen atoms in total. The van der Waals surface area contributed by atoms with Crippen LogP contribution in [0.5, 0.6) is 5.75 Å². The molecule has 0 spiro atoms. The van der Waals surface area contributed by atoms with Crippen molar-refractivity contribution in [3.05, 3.63) is 65.7 Å². The number of hydrogen-bond donors (Lipinski definition) is 0. The van der Waals surface area contributed by atoms with Gasteiger partial charge in [0.15, 0.2) is 6.79 Å². The largest absolute Gasteiger partial charge is 0.468 e. The summed E-state index contributed by atoms with van der Waals surface area (Å²) in [5, 5.41) is 0. The summed E-state index contributed by atoms with van der Waals surface area (Å²) in [7, 11) is 1.58. The molecule has 0 atom stereocenters. The highest BCUT2D eigenvalue weighted by atomic mass is 16.7. The topological polar surface area (TPSA) is 44.8 Å². The van der Waals surface area contributed by atoms with Gasteiger partial charge in [0.1, 0.15) is 5.75 Å². The molecule has 0 unspecified atom stereocenters. The summed E-state index contributed by atoms with van der Waals surface area (Å²) in [5.74, 6) is 0.830. The van der Waals surface area contributed by atoms with Crippen molar-refractivity contribution in [1.29, 1.82) is 0 Å². The molecule has 0 heterocycles. The third kappa shape index (κ3) is 4.33. The highest BCUT2D eigenvalue weighted by molar-refractivity contribution is 6.25. The van der Waals surface area contributed by atoms with Gasteiger partial charge >= 0.3 is 5.97 Å². The molecule has 0 radical (unpaired) electrons. The van der Waals surface area contributed by atoms with Crippen LogP contribution >= 0.6 is 0 Å². The molecular weight excluding hydrogens is 328 g/mol. The number of carbonyl (C=O) groups is 1. The third-order valence-electron chi connectivity index (χ3n) is 4.31. The maximum absolute atomic E-state index is 12.8. The lowest BCUT2D eigenvalue weighted by Crippen LogP contribution is -2.10. The summed E-state index contributed by atoms with van der Waals surface area (Å²) in [5.41, 5.74) is 3.66. The first-order chi connectivity index (χ1) is 12.7. The molecule has 2 aromatic carbocycles. The lowest BCUT2D eigenvalue weighted by molar-refractivity contribution is -0.136. The van der Waals surface area contributed by atoms with Crippen molar-refractivity contribution in [3.63, 3.8) is 0 Å². The van der Waals surface area contributed by atoms with Gasteiger partial charge in [0.25, 0.3) is 0 Å². The first-order valence-corrected chi connectivity index (χ1v) is 8.93. The second kappa shape index (κ2) is 8.68. The van der Waals surface area contributed by atoms with E-state index in [1.165, 1.54) is 0 Å². The van der Waals surface area contributed by atoms with Gasteiger partial charge in [0, 0.05) is 7.11 Å². The molecule has 0 bridgehead atoms. The van der Waals surface area contributed by atoms with Crippen LogP contribution in [0.3, 0.4) is 0 Å². The lowest BCUT2D eigenvalue weighted by atomic mass is 9.91. The Morgan fingerprint density at radius 3 is 2.27 bits per heavy atom. The summed E-state index contributed by atoms with van der Waals surface area (Å²) >= 11 is 0. The van der Waals surface area contributed by atoms with Crippen LogP contribution in [-0.2, 0) is 14.3 Å². The lowest BCUT2D eigenvalue weighted by Gasteiger charge is -2.16. The number of esters is 1. The molecular formula is C22H24O4. The monoisotopic (exact) mass is 352 g/mol. The predicted molar refractivity (Wildman–Crippen MR) is 102 cm³/mol. The number of carbonyl (C=O) groups excluding carboxylic acids is 1. The van der Waals surface area contributed by atoms with Crippen LogP contribution in [0.2, 0.25) is 0 Å². The van der Waals surface area contributed by atoms with Gasteiger partial charge in [0.05, 0.1) is 12.2 Å². The number of hydrogen-bond acceptors (Lipinski definition) is 4. The number of ether oxygens (including phenoxy) is 3. The summed E-state index contributed by atoms with van der Waals surface area (Å²) in [6, 6.07) is 17.6. The second-order valence-corrected chi connectivity index (χ2v) is 6.22. The minimum absolute atomic E-state index is 0.192. The standard InChI is InChI=1S/C22H24O4/c1-3-25-22(23)21(18-11-13-19(14-12-18)26-15-24-2)20(17-9-10-17)16-7-5-4-6-8-16/h4-8,11-14,17H,3,9-10,15H2,1-2H3. The maximum atomic E-state index is 12.8. The molecule has 0 N–H and O–H groups in total. The Morgan fingerprint density at radius 2 is 1.69 bits per heavy atom. The van der Waals surface area contributed by atoms with Crippen LogP contribution in [0.25, 0.3) is 11.1 Å². The van der Waals surface area contributed by atoms with Crippen molar-refractivity contribution >= 4 is 17.1 Å². The van der Waals surface area contributed by atoms with Crippen LogP contribution in [0.1, 0.15) is 30.9 Å². The average molecular weight is 352 g/mol. The normalized spacial score (nSPS) is 14.5. The Hall–Kier alpha value is -2.59. The van der Waals surface area contributed by atoms with Gasteiger partial charge in [-0.1, -0.05) is 42.5 Å². The van der Waals surface area contributed by atoms with E-state index in [0.717, 1.165) is 29.5 Å². The van der Waals surface area contributed by atoms with Crippen LogP contribution in [0.4, 0.5) is 0 Å². The van der Waals surface area contributed by atoms with Crippen molar-refractivity contribution < 1.29 is 19.0 Å². The van der Waals surface area contributed by atoms with Crippen LogP contribution in [-0.4, -0.2) is 26.5 Å². The van der Waals surface area contributed by atoms with E-state index in [2.05, 4.69) is 12.1 Å². The van der Waals surface area contributed by atoms with Crippen molar-refractivity contribution in [2.45, 2.75) is 19.8 Å². The Kier molecular flexibility index (Phi) is 6.08. The number of methoxy groups -OCH3 is 1. The van der Waals surface area contributed by atoms with E-state index in [4.69, 9.17) is 14.2 Å². The van der Waals surface area contributed by atoms with E-state index in [-0.39, 0.29) is 12.8 Å². The molecule has 3 rings (SSSR count). The minimum atomic E-state index is -0.274. The van der Waals surface area contributed by atoms with Gasteiger partial charge in [-0.15, -0.1) is 0 Å². The summed E-state index contributed by atoms with van der Waals surface area (Å²) < 4.78 is 15.8. The van der Waals surface area contributed by atoms with Crippen molar-refractivity contribution in [2.24, 2.45) is 5.92 Å². The van der Waals surface area contributed by atoms with Crippen LogP contribution in [0.15, 0.2) is 54.6 Å². The molecule has 0 aliphatic heterocycles. The van der Waals surface area contributed by atoms with E-state index in [9.17, 15) is 4.79 Å². The Labute approximate surface area is 154 Å². The van der Waals surface area contributed by atoms with Crippen molar-refractivity contribution in [3.8, 4) is 5.75 Å². The van der Waals surface area contributed by atoms with Gasteiger partial charge < -0.3 is 14.2 Å². The Bertz CT molecular complexity index is 758. The smallest absolute Gasteiger partial charge is 0.339 e. The van der Waals surface area contributed by atoms with Crippen molar-refractivity contribution in [1.82, 2.24) is 0 Å². The fraction of sp³-hybridized carbons (Fsp3) is 0.318. The molecule has 1 fully saturated rings. The fourth-order valence-electron chi connectivity index (χ4n) is 3.01. The third-order valence-corrected chi connectivity index (χ3v) is 4.31. The zero-order chi connectivity index (χ0) is 18.4. The van der Waals surface area contributed by atoms with E-state index in [0.29, 0.717) is 23.8 Å².